The molecular weight excluding hydrogens is 288 g/mol. The second kappa shape index (κ2) is 5.43. The highest BCUT2D eigenvalue weighted by atomic mass is 16.3. The van der Waals surface area contributed by atoms with E-state index in [0.717, 1.165) is 41.3 Å². The maximum Gasteiger partial charge on any atom is 0.176 e. The van der Waals surface area contributed by atoms with Crippen molar-refractivity contribution in [2.24, 2.45) is 0 Å². The zero-order valence-corrected chi connectivity index (χ0v) is 13.2. The highest BCUT2D eigenvalue weighted by molar-refractivity contribution is 5.81. The zero-order valence-electron chi connectivity index (χ0n) is 13.2. The first-order valence-electron chi connectivity index (χ1n) is 7.72. The van der Waals surface area contributed by atoms with E-state index in [1.165, 1.54) is 5.69 Å². The van der Waals surface area contributed by atoms with Gasteiger partial charge in [-0.15, -0.1) is 0 Å². The Morgan fingerprint density at radius 2 is 1.96 bits per heavy atom. The lowest BCUT2D eigenvalue weighted by Gasteiger charge is -2.07. The average molecular weight is 306 g/mol. The van der Waals surface area contributed by atoms with Crippen molar-refractivity contribution in [1.29, 1.82) is 0 Å². The molecule has 4 rings (SSSR count). The number of aryl methyl sites for hydroxylation is 4. The predicted octanol–water partition coefficient (Wildman–Crippen LogP) is 3.81. The molecule has 0 fully saturated rings. The van der Waals surface area contributed by atoms with E-state index >= 15 is 0 Å². The van der Waals surface area contributed by atoms with Crippen molar-refractivity contribution in [3.8, 4) is 11.6 Å². The van der Waals surface area contributed by atoms with E-state index in [9.17, 15) is 0 Å². The van der Waals surface area contributed by atoms with Gasteiger partial charge >= 0.3 is 0 Å². The quantitative estimate of drug-likeness (QED) is 0.576. The molecule has 0 aliphatic carbocycles. The normalized spacial score (nSPS) is 11.4. The lowest BCUT2D eigenvalue weighted by Crippen LogP contribution is -2.10. The van der Waals surface area contributed by atoms with Gasteiger partial charge in [-0.1, -0.05) is 18.2 Å². The van der Waals surface area contributed by atoms with Gasteiger partial charge < -0.3 is 8.98 Å². The molecule has 23 heavy (non-hydrogen) atoms. The summed E-state index contributed by atoms with van der Waals surface area (Å²) in [5.41, 5.74) is 3.11. The molecular formula is C18H18N4O. The van der Waals surface area contributed by atoms with Gasteiger partial charge in [0.15, 0.2) is 11.6 Å². The monoisotopic (exact) mass is 306 g/mol. The van der Waals surface area contributed by atoms with Crippen LogP contribution in [0.1, 0.15) is 11.4 Å². The van der Waals surface area contributed by atoms with Crippen molar-refractivity contribution < 1.29 is 4.42 Å². The molecule has 5 heteroatoms. The Labute approximate surface area is 134 Å². The van der Waals surface area contributed by atoms with Gasteiger partial charge in [-0.3, -0.25) is 4.68 Å². The van der Waals surface area contributed by atoms with Gasteiger partial charge in [-0.25, -0.2) is 4.98 Å². The first kappa shape index (κ1) is 13.8. The van der Waals surface area contributed by atoms with E-state index in [2.05, 4.69) is 27.6 Å². The van der Waals surface area contributed by atoms with Gasteiger partial charge in [0.1, 0.15) is 5.58 Å². The lowest BCUT2D eigenvalue weighted by molar-refractivity contribution is 0.518. The number of hydrogen-bond donors (Lipinski definition) is 0. The van der Waals surface area contributed by atoms with Crippen LogP contribution in [0.15, 0.2) is 53.2 Å². The number of aromatic nitrogens is 4. The van der Waals surface area contributed by atoms with E-state index < -0.39 is 0 Å². The predicted molar refractivity (Wildman–Crippen MR) is 89.1 cm³/mol. The Bertz CT molecular complexity index is 927. The Morgan fingerprint density at radius 3 is 2.74 bits per heavy atom. The molecule has 0 radical (unpaired) electrons. The molecule has 0 unspecified atom stereocenters. The number of fused-ring (bicyclic) bond motifs is 1. The molecule has 3 heterocycles. The topological polar surface area (TPSA) is 48.8 Å². The number of furan rings is 1. The second-order valence-corrected chi connectivity index (χ2v) is 5.74. The maximum atomic E-state index is 5.93. The van der Waals surface area contributed by atoms with Crippen molar-refractivity contribution in [1.82, 2.24) is 19.3 Å². The van der Waals surface area contributed by atoms with Crippen LogP contribution in [0.4, 0.5) is 0 Å². The minimum Gasteiger partial charge on any atom is -0.453 e. The lowest BCUT2D eigenvalue weighted by atomic mass is 10.2. The van der Waals surface area contributed by atoms with E-state index in [-0.39, 0.29) is 0 Å². The van der Waals surface area contributed by atoms with Crippen LogP contribution in [0.5, 0.6) is 0 Å². The van der Waals surface area contributed by atoms with E-state index in [0.29, 0.717) is 0 Å². The molecule has 3 aromatic heterocycles. The van der Waals surface area contributed by atoms with Gasteiger partial charge in [0.25, 0.3) is 0 Å². The SMILES string of the molecule is Cc1cc(C)n(CCn2ccnc2-c2cc3ccccc3o2)n1. The number of nitrogens with zero attached hydrogens (tertiary/aromatic N) is 4. The van der Waals surface area contributed by atoms with E-state index in [1.54, 1.807) is 0 Å². The summed E-state index contributed by atoms with van der Waals surface area (Å²) < 4.78 is 10.1. The average Bonchev–Trinajstić information content (AvgIpc) is 3.22. The van der Waals surface area contributed by atoms with Gasteiger partial charge in [0.05, 0.1) is 12.2 Å². The van der Waals surface area contributed by atoms with Crippen LogP contribution in [0, 0.1) is 13.8 Å². The van der Waals surface area contributed by atoms with E-state index in [1.807, 2.05) is 54.3 Å². The third-order valence-corrected chi connectivity index (χ3v) is 4.02. The van der Waals surface area contributed by atoms with Crippen molar-refractivity contribution in [3.63, 3.8) is 0 Å². The van der Waals surface area contributed by atoms with Crippen LogP contribution in [0.3, 0.4) is 0 Å². The molecule has 0 bridgehead atoms. The standard InChI is InChI=1S/C18H18N4O/c1-13-11-14(2)22(20-13)10-9-21-8-7-19-18(21)17-12-15-5-3-4-6-16(15)23-17/h3-8,11-12H,9-10H2,1-2H3. The van der Waals surface area contributed by atoms with E-state index in [4.69, 9.17) is 4.42 Å². The fraction of sp³-hybridized carbons (Fsp3) is 0.222. The van der Waals surface area contributed by atoms with Gasteiger partial charge in [0, 0.05) is 30.0 Å². The molecule has 4 aromatic rings. The van der Waals surface area contributed by atoms with Gasteiger partial charge in [-0.05, 0) is 32.0 Å². The van der Waals surface area contributed by atoms with Crippen molar-refractivity contribution in [2.75, 3.05) is 0 Å². The van der Waals surface area contributed by atoms with Crippen LogP contribution in [-0.4, -0.2) is 19.3 Å². The number of benzene rings is 1. The van der Waals surface area contributed by atoms with Crippen molar-refractivity contribution in [2.45, 2.75) is 26.9 Å². The highest BCUT2D eigenvalue weighted by Gasteiger charge is 2.12. The number of imidazole rings is 1. The number of hydrogen-bond acceptors (Lipinski definition) is 3. The molecule has 5 nitrogen and oxygen atoms in total. The Hall–Kier alpha value is -2.82. The summed E-state index contributed by atoms with van der Waals surface area (Å²) in [5.74, 6) is 1.65. The molecule has 116 valence electrons. The molecule has 1 aromatic carbocycles. The molecule has 0 saturated carbocycles. The smallest absolute Gasteiger partial charge is 0.176 e. The summed E-state index contributed by atoms with van der Waals surface area (Å²) in [6.45, 7) is 5.70. The summed E-state index contributed by atoms with van der Waals surface area (Å²) in [6.07, 6.45) is 3.79. The zero-order chi connectivity index (χ0) is 15.8. The molecule has 0 spiro atoms. The first-order valence-corrected chi connectivity index (χ1v) is 7.72. The minimum atomic E-state index is 0.796. The first-order chi connectivity index (χ1) is 11.2. The van der Waals surface area contributed by atoms with Gasteiger partial charge in [0.2, 0.25) is 0 Å². The summed E-state index contributed by atoms with van der Waals surface area (Å²) in [7, 11) is 0. The number of rotatable bonds is 4. The maximum absolute atomic E-state index is 5.93. The fourth-order valence-electron chi connectivity index (χ4n) is 2.91. The summed E-state index contributed by atoms with van der Waals surface area (Å²) >= 11 is 0. The third-order valence-electron chi connectivity index (χ3n) is 4.02. The number of para-hydroxylation sites is 1. The third kappa shape index (κ3) is 2.54. The van der Waals surface area contributed by atoms with Crippen LogP contribution in [-0.2, 0) is 13.1 Å². The van der Waals surface area contributed by atoms with Crippen LogP contribution in [0.2, 0.25) is 0 Å². The summed E-state index contributed by atoms with van der Waals surface area (Å²) in [4.78, 5) is 4.46. The largest absolute Gasteiger partial charge is 0.453 e. The second-order valence-electron chi connectivity index (χ2n) is 5.74. The minimum absolute atomic E-state index is 0.796. The summed E-state index contributed by atoms with van der Waals surface area (Å²) in [6, 6.07) is 12.1. The molecule has 0 saturated heterocycles. The molecule has 0 N–H and O–H groups in total. The molecule has 0 amide bonds. The fourth-order valence-corrected chi connectivity index (χ4v) is 2.91. The Morgan fingerprint density at radius 1 is 1.09 bits per heavy atom. The van der Waals surface area contributed by atoms with Crippen LogP contribution >= 0.6 is 0 Å². The van der Waals surface area contributed by atoms with Gasteiger partial charge in [-0.2, -0.15) is 5.10 Å². The van der Waals surface area contributed by atoms with Crippen molar-refractivity contribution >= 4 is 11.0 Å². The molecule has 0 atom stereocenters. The molecule has 0 aliphatic rings. The Kier molecular flexibility index (Phi) is 3.26. The van der Waals surface area contributed by atoms with Crippen LogP contribution in [0.25, 0.3) is 22.6 Å². The highest BCUT2D eigenvalue weighted by Crippen LogP contribution is 2.26. The summed E-state index contributed by atoms with van der Waals surface area (Å²) in [5, 5.41) is 5.60. The Balaban J connectivity index is 1.61. The molecule has 0 aliphatic heterocycles. The van der Waals surface area contributed by atoms with Crippen molar-refractivity contribution in [3.05, 3.63) is 60.2 Å². The van der Waals surface area contributed by atoms with Crippen LogP contribution < -0.4 is 0 Å².